The molecule has 1 rings (SSSR count). The standard InChI is InChI=1S/C10H14.C3H5N/c1-9(2)8-10-6-4-3-5-7-10;1-2-3-4/h3-7,9H,8H2,1-2H3;2H2,1H3. The van der Waals surface area contributed by atoms with Crippen LogP contribution in [0.5, 0.6) is 0 Å². The maximum Gasteiger partial charge on any atom is 0.0618 e. The Balaban J connectivity index is 0.000000364. The SMILES string of the molecule is CC(C)Cc1ccccc1.CCC#N. The van der Waals surface area contributed by atoms with E-state index in [1.165, 1.54) is 12.0 Å². The van der Waals surface area contributed by atoms with E-state index in [1.54, 1.807) is 0 Å². The molecule has 0 N–H and O–H groups in total. The molecule has 14 heavy (non-hydrogen) atoms. The Kier molecular flexibility index (Phi) is 7.55. The highest BCUT2D eigenvalue weighted by Gasteiger charge is 1.94. The minimum atomic E-state index is 0.625. The second-order valence-corrected chi connectivity index (χ2v) is 3.60. The molecule has 0 aromatic heterocycles. The third kappa shape index (κ3) is 7.36. The van der Waals surface area contributed by atoms with Crippen LogP contribution in [0, 0.1) is 17.2 Å². The summed E-state index contributed by atoms with van der Waals surface area (Å²) >= 11 is 0. The van der Waals surface area contributed by atoms with Crippen molar-refractivity contribution >= 4 is 0 Å². The quantitative estimate of drug-likeness (QED) is 0.694. The molecule has 0 amide bonds. The van der Waals surface area contributed by atoms with Crippen molar-refractivity contribution in [2.45, 2.75) is 33.6 Å². The smallest absolute Gasteiger partial charge is 0.0618 e. The average molecular weight is 189 g/mol. The highest BCUT2D eigenvalue weighted by Crippen LogP contribution is 2.05. The summed E-state index contributed by atoms with van der Waals surface area (Å²) in [6.45, 7) is 6.31. The van der Waals surface area contributed by atoms with Gasteiger partial charge in [0.2, 0.25) is 0 Å². The zero-order valence-corrected chi connectivity index (χ0v) is 9.33. The first-order valence-corrected chi connectivity index (χ1v) is 5.11. The molecule has 0 bridgehead atoms. The maximum atomic E-state index is 7.62. The Morgan fingerprint density at radius 1 is 1.21 bits per heavy atom. The summed E-state index contributed by atoms with van der Waals surface area (Å²) in [6.07, 6.45) is 1.82. The van der Waals surface area contributed by atoms with Crippen LogP contribution in [0.4, 0.5) is 0 Å². The van der Waals surface area contributed by atoms with E-state index >= 15 is 0 Å². The number of nitriles is 1. The van der Waals surface area contributed by atoms with Crippen molar-refractivity contribution in [1.29, 1.82) is 5.26 Å². The lowest BCUT2D eigenvalue weighted by molar-refractivity contribution is 0.647. The fraction of sp³-hybridized carbons (Fsp3) is 0.462. The molecule has 0 fully saturated rings. The zero-order valence-electron chi connectivity index (χ0n) is 9.33. The molecule has 0 atom stereocenters. The summed E-state index contributed by atoms with van der Waals surface area (Å²) in [5.74, 6) is 0.766. The number of benzene rings is 1. The van der Waals surface area contributed by atoms with Crippen molar-refractivity contribution in [3.05, 3.63) is 35.9 Å². The summed E-state index contributed by atoms with van der Waals surface area (Å²) in [6, 6.07) is 12.5. The van der Waals surface area contributed by atoms with E-state index in [1.807, 2.05) is 13.0 Å². The minimum absolute atomic E-state index is 0.625. The third-order valence-corrected chi connectivity index (χ3v) is 1.64. The van der Waals surface area contributed by atoms with E-state index in [2.05, 4.69) is 44.2 Å². The van der Waals surface area contributed by atoms with Gasteiger partial charge in [0.25, 0.3) is 0 Å². The summed E-state index contributed by atoms with van der Waals surface area (Å²) in [7, 11) is 0. The van der Waals surface area contributed by atoms with Crippen LogP contribution < -0.4 is 0 Å². The van der Waals surface area contributed by atoms with Gasteiger partial charge in [0.05, 0.1) is 6.07 Å². The van der Waals surface area contributed by atoms with Gasteiger partial charge in [-0.3, -0.25) is 0 Å². The normalized spacial score (nSPS) is 8.79. The van der Waals surface area contributed by atoms with Crippen molar-refractivity contribution < 1.29 is 0 Å². The number of hydrogen-bond donors (Lipinski definition) is 0. The minimum Gasteiger partial charge on any atom is -0.198 e. The predicted molar refractivity (Wildman–Crippen MR) is 60.9 cm³/mol. The van der Waals surface area contributed by atoms with Crippen LogP contribution in [-0.4, -0.2) is 0 Å². The molecule has 0 unspecified atom stereocenters. The molecule has 0 saturated heterocycles. The molecule has 1 aromatic carbocycles. The first-order valence-electron chi connectivity index (χ1n) is 5.11. The van der Waals surface area contributed by atoms with Crippen molar-refractivity contribution in [3.63, 3.8) is 0 Å². The van der Waals surface area contributed by atoms with Crippen LogP contribution in [-0.2, 0) is 6.42 Å². The molecule has 0 saturated carbocycles. The van der Waals surface area contributed by atoms with Gasteiger partial charge in [0.1, 0.15) is 0 Å². The van der Waals surface area contributed by atoms with E-state index < -0.39 is 0 Å². The van der Waals surface area contributed by atoms with Crippen LogP contribution in [0.15, 0.2) is 30.3 Å². The van der Waals surface area contributed by atoms with Gasteiger partial charge in [-0.1, -0.05) is 51.1 Å². The summed E-state index contributed by atoms with van der Waals surface area (Å²) in [4.78, 5) is 0. The van der Waals surface area contributed by atoms with Crippen LogP contribution >= 0.6 is 0 Å². The van der Waals surface area contributed by atoms with Crippen LogP contribution in [0.3, 0.4) is 0 Å². The highest BCUT2D eigenvalue weighted by atomic mass is 14.2. The lowest BCUT2D eigenvalue weighted by atomic mass is 10.0. The van der Waals surface area contributed by atoms with Gasteiger partial charge in [-0.2, -0.15) is 5.26 Å². The van der Waals surface area contributed by atoms with E-state index in [0.29, 0.717) is 6.42 Å². The lowest BCUT2D eigenvalue weighted by Gasteiger charge is -2.02. The summed E-state index contributed by atoms with van der Waals surface area (Å²) in [5.41, 5.74) is 1.44. The van der Waals surface area contributed by atoms with Gasteiger partial charge in [-0.15, -0.1) is 0 Å². The van der Waals surface area contributed by atoms with E-state index in [9.17, 15) is 0 Å². The van der Waals surface area contributed by atoms with Crippen LogP contribution in [0.2, 0.25) is 0 Å². The molecule has 0 aliphatic carbocycles. The largest absolute Gasteiger partial charge is 0.198 e. The number of rotatable bonds is 2. The van der Waals surface area contributed by atoms with E-state index in [-0.39, 0.29) is 0 Å². The molecule has 0 heterocycles. The molecule has 0 radical (unpaired) electrons. The van der Waals surface area contributed by atoms with Crippen LogP contribution in [0.25, 0.3) is 0 Å². The van der Waals surface area contributed by atoms with Gasteiger partial charge in [0, 0.05) is 6.42 Å². The molecule has 76 valence electrons. The van der Waals surface area contributed by atoms with E-state index in [0.717, 1.165) is 5.92 Å². The van der Waals surface area contributed by atoms with Gasteiger partial charge in [-0.25, -0.2) is 0 Å². The summed E-state index contributed by atoms with van der Waals surface area (Å²) < 4.78 is 0. The van der Waals surface area contributed by atoms with Crippen LogP contribution in [0.1, 0.15) is 32.8 Å². The fourth-order valence-electron chi connectivity index (χ4n) is 1.09. The van der Waals surface area contributed by atoms with Gasteiger partial charge in [-0.05, 0) is 17.9 Å². The van der Waals surface area contributed by atoms with Gasteiger partial charge >= 0.3 is 0 Å². The van der Waals surface area contributed by atoms with Crippen molar-refractivity contribution in [2.24, 2.45) is 5.92 Å². The molecule has 0 spiro atoms. The Bertz CT molecular complexity index is 256. The Labute approximate surface area is 87.4 Å². The molecule has 1 aromatic rings. The van der Waals surface area contributed by atoms with Crippen molar-refractivity contribution in [2.75, 3.05) is 0 Å². The highest BCUT2D eigenvalue weighted by molar-refractivity contribution is 5.14. The Morgan fingerprint density at radius 3 is 2.07 bits per heavy atom. The first kappa shape index (κ1) is 12.7. The molecule has 1 heteroatoms. The maximum absolute atomic E-state index is 7.62. The molecule has 1 nitrogen and oxygen atoms in total. The molecule has 0 aliphatic heterocycles. The second kappa shape index (κ2) is 8.31. The Morgan fingerprint density at radius 2 is 1.71 bits per heavy atom. The number of hydrogen-bond acceptors (Lipinski definition) is 1. The number of nitrogens with zero attached hydrogens (tertiary/aromatic N) is 1. The fourth-order valence-corrected chi connectivity index (χ4v) is 1.09. The third-order valence-electron chi connectivity index (χ3n) is 1.64. The van der Waals surface area contributed by atoms with Crippen molar-refractivity contribution in [3.8, 4) is 6.07 Å². The topological polar surface area (TPSA) is 23.8 Å². The lowest BCUT2D eigenvalue weighted by Crippen LogP contribution is -1.92. The first-order chi connectivity index (χ1) is 6.70. The Hall–Kier alpha value is -1.29. The molecule has 0 aliphatic rings. The molecular formula is C13H19N. The van der Waals surface area contributed by atoms with Gasteiger partial charge in [0.15, 0.2) is 0 Å². The predicted octanol–water partition coefficient (Wildman–Crippen LogP) is 3.81. The zero-order chi connectivity index (χ0) is 10.8. The van der Waals surface area contributed by atoms with Crippen molar-refractivity contribution in [1.82, 2.24) is 0 Å². The average Bonchev–Trinajstić information content (AvgIpc) is 2.19. The summed E-state index contributed by atoms with van der Waals surface area (Å²) in [5, 5.41) is 7.62. The van der Waals surface area contributed by atoms with Gasteiger partial charge < -0.3 is 0 Å². The molecular weight excluding hydrogens is 170 g/mol. The van der Waals surface area contributed by atoms with E-state index in [4.69, 9.17) is 5.26 Å². The second-order valence-electron chi connectivity index (χ2n) is 3.60. The monoisotopic (exact) mass is 189 g/mol.